The molecule has 0 aliphatic carbocycles. The predicted octanol–water partition coefficient (Wildman–Crippen LogP) is 1.33. The smallest absolute Gasteiger partial charge is 0.114 e. The molecule has 10 heavy (non-hydrogen) atoms. The Labute approximate surface area is 69.3 Å². The highest BCUT2D eigenvalue weighted by Crippen LogP contribution is 2.21. The van der Waals surface area contributed by atoms with E-state index in [1.54, 1.807) is 6.20 Å². The van der Waals surface area contributed by atoms with E-state index in [1.165, 1.54) is 0 Å². The monoisotopic (exact) mass is 203 g/mol. The lowest BCUT2D eigenvalue weighted by Crippen LogP contribution is -2.36. The van der Waals surface area contributed by atoms with E-state index in [4.69, 9.17) is 0 Å². The first kappa shape index (κ1) is 7.63. The van der Waals surface area contributed by atoms with Crippen LogP contribution in [-0.4, -0.2) is 29.2 Å². The predicted molar refractivity (Wildman–Crippen MR) is 44.6 cm³/mol. The van der Waals surface area contributed by atoms with Gasteiger partial charge in [-0.1, -0.05) is 6.58 Å². The van der Waals surface area contributed by atoms with Gasteiger partial charge in [0.05, 0.1) is 6.20 Å². The van der Waals surface area contributed by atoms with Crippen LogP contribution < -0.4 is 0 Å². The van der Waals surface area contributed by atoms with Crippen LogP contribution >= 0.6 is 15.9 Å². The summed E-state index contributed by atoms with van der Waals surface area (Å²) in [4.78, 5) is 0. The van der Waals surface area contributed by atoms with Gasteiger partial charge in [0, 0.05) is 20.3 Å². The summed E-state index contributed by atoms with van der Waals surface area (Å²) in [6, 6.07) is 0. The fourth-order valence-electron chi connectivity index (χ4n) is 0.740. The van der Waals surface area contributed by atoms with Gasteiger partial charge in [-0.15, -0.1) is 5.12 Å². The third-order valence-electron chi connectivity index (χ3n) is 1.50. The minimum Gasteiger partial charge on any atom is -0.283 e. The second kappa shape index (κ2) is 2.64. The van der Waals surface area contributed by atoms with Crippen molar-refractivity contribution in [1.82, 2.24) is 15.1 Å². The summed E-state index contributed by atoms with van der Waals surface area (Å²) in [7, 11) is 3.91. The summed E-state index contributed by atoms with van der Waals surface area (Å²) < 4.78 is 1.02. The van der Waals surface area contributed by atoms with E-state index in [1.807, 2.05) is 35.4 Å². The molecule has 0 saturated carbocycles. The van der Waals surface area contributed by atoms with Gasteiger partial charge in [0.15, 0.2) is 0 Å². The molecular formula is C6H10BrN3. The lowest BCUT2D eigenvalue weighted by atomic mass is 10.8. The Balaban J connectivity index is 2.75. The highest BCUT2D eigenvalue weighted by Gasteiger charge is 2.18. The Morgan fingerprint density at radius 3 is 2.40 bits per heavy atom. The molecule has 0 aromatic rings. The summed E-state index contributed by atoms with van der Waals surface area (Å²) in [5.41, 5.74) is 0. The van der Waals surface area contributed by atoms with Crippen LogP contribution in [0.15, 0.2) is 23.6 Å². The Hall–Kier alpha value is -0.480. The first-order chi connectivity index (χ1) is 4.66. The Kier molecular flexibility index (Phi) is 2.01. The van der Waals surface area contributed by atoms with E-state index >= 15 is 0 Å². The molecule has 3 nitrogen and oxygen atoms in total. The van der Waals surface area contributed by atoms with Crippen molar-refractivity contribution in [2.45, 2.75) is 0 Å². The molecule has 1 aliphatic rings. The molecule has 0 atom stereocenters. The maximum Gasteiger partial charge on any atom is 0.114 e. The fourth-order valence-corrected chi connectivity index (χ4v) is 1.18. The average molecular weight is 204 g/mol. The molecule has 1 rings (SSSR count). The number of hydrazine groups is 2. The third-order valence-corrected chi connectivity index (χ3v) is 2.22. The SMILES string of the molecule is C=CN1C=C(Br)N(C)N1C. The molecule has 0 aromatic heterocycles. The second-order valence-corrected chi connectivity index (χ2v) is 2.84. The van der Waals surface area contributed by atoms with Gasteiger partial charge in [-0.3, -0.25) is 10.0 Å². The minimum atomic E-state index is 1.02. The van der Waals surface area contributed by atoms with Crippen molar-refractivity contribution in [3.63, 3.8) is 0 Å². The molecule has 0 aromatic carbocycles. The van der Waals surface area contributed by atoms with Crippen LogP contribution in [0.25, 0.3) is 0 Å². The minimum absolute atomic E-state index is 1.02. The molecule has 0 N–H and O–H groups in total. The zero-order chi connectivity index (χ0) is 7.72. The van der Waals surface area contributed by atoms with E-state index in [0.29, 0.717) is 0 Å². The quantitative estimate of drug-likeness (QED) is 0.596. The van der Waals surface area contributed by atoms with Gasteiger partial charge in [0.25, 0.3) is 0 Å². The summed E-state index contributed by atoms with van der Waals surface area (Å²) in [6.07, 6.45) is 3.68. The maximum atomic E-state index is 3.65. The van der Waals surface area contributed by atoms with Crippen LogP contribution in [0.2, 0.25) is 0 Å². The third kappa shape index (κ3) is 1.04. The lowest BCUT2D eigenvalue weighted by molar-refractivity contribution is -0.0392. The zero-order valence-electron chi connectivity index (χ0n) is 6.08. The average Bonchev–Trinajstić information content (AvgIpc) is 2.17. The van der Waals surface area contributed by atoms with Gasteiger partial charge < -0.3 is 0 Å². The van der Waals surface area contributed by atoms with Crippen molar-refractivity contribution in [2.75, 3.05) is 14.1 Å². The van der Waals surface area contributed by atoms with Crippen LogP contribution in [0.5, 0.6) is 0 Å². The molecule has 4 heteroatoms. The Bertz CT molecular complexity index is 178. The number of hydrogen-bond donors (Lipinski definition) is 0. The van der Waals surface area contributed by atoms with Crippen LogP contribution in [-0.2, 0) is 0 Å². The molecule has 0 amide bonds. The van der Waals surface area contributed by atoms with Crippen LogP contribution in [0.4, 0.5) is 0 Å². The molecule has 0 saturated heterocycles. The van der Waals surface area contributed by atoms with E-state index in [9.17, 15) is 0 Å². The Morgan fingerprint density at radius 1 is 1.60 bits per heavy atom. The van der Waals surface area contributed by atoms with Crippen molar-refractivity contribution in [3.8, 4) is 0 Å². The van der Waals surface area contributed by atoms with E-state index in [0.717, 1.165) is 4.61 Å². The fraction of sp³-hybridized carbons (Fsp3) is 0.333. The van der Waals surface area contributed by atoms with Gasteiger partial charge >= 0.3 is 0 Å². The topological polar surface area (TPSA) is 9.72 Å². The van der Waals surface area contributed by atoms with E-state index < -0.39 is 0 Å². The van der Waals surface area contributed by atoms with Gasteiger partial charge in [-0.05, 0) is 15.9 Å². The van der Waals surface area contributed by atoms with Gasteiger partial charge in [-0.2, -0.15) is 0 Å². The molecule has 0 radical (unpaired) electrons. The number of hydrogen-bond acceptors (Lipinski definition) is 3. The summed E-state index contributed by atoms with van der Waals surface area (Å²) in [5.74, 6) is 0. The highest BCUT2D eigenvalue weighted by atomic mass is 79.9. The van der Waals surface area contributed by atoms with Crippen LogP contribution in [0.1, 0.15) is 0 Å². The number of halogens is 1. The van der Waals surface area contributed by atoms with Crippen molar-refractivity contribution in [2.24, 2.45) is 0 Å². The number of nitrogens with zero attached hydrogens (tertiary/aromatic N) is 3. The molecule has 56 valence electrons. The van der Waals surface area contributed by atoms with Gasteiger partial charge in [-0.25, -0.2) is 0 Å². The van der Waals surface area contributed by atoms with Crippen molar-refractivity contribution < 1.29 is 0 Å². The van der Waals surface area contributed by atoms with Crippen LogP contribution in [0.3, 0.4) is 0 Å². The first-order valence-electron chi connectivity index (χ1n) is 2.92. The molecule has 0 bridgehead atoms. The van der Waals surface area contributed by atoms with E-state index in [-0.39, 0.29) is 0 Å². The summed E-state index contributed by atoms with van der Waals surface area (Å²) in [6.45, 7) is 3.65. The van der Waals surface area contributed by atoms with Crippen molar-refractivity contribution >= 4 is 15.9 Å². The zero-order valence-corrected chi connectivity index (χ0v) is 7.67. The largest absolute Gasteiger partial charge is 0.283 e. The second-order valence-electron chi connectivity index (χ2n) is 2.03. The van der Waals surface area contributed by atoms with Crippen LogP contribution in [0, 0.1) is 0 Å². The highest BCUT2D eigenvalue weighted by molar-refractivity contribution is 9.11. The summed E-state index contributed by atoms with van der Waals surface area (Å²) in [5, 5.41) is 5.77. The molecule has 0 unspecified atom stereocenters. The standard InChI is InChI=1S/C6H10BrN3/c1-4-10-5-6(7)8(2)9(10)3/h4-5H,1H2,2-3H3. The van der Waals surface area contributed by atoms with Gasteiger partial charge in [0.2, 0.25) is 0 Å². The normalized spacial score (nSPS) is 19.7. The van der Waals surface area contributed by atoms with Crippen molar-refractivity contribution in [1.29, 1.82) is 0 Å². The lowest BCUT2D eigenvalue weighted by Gasteiger charge is -2.27. The molecular weight excluding hydrogens is 194 g/mol. The summed E-state index contributed by atoms with van der Waals surface area (Å²) >= 11 is 3.38. The van der Waals surface area contributed by atoms with Crippen molar-refractivity contribution in [3.05, 3.63) is 23.6 Å². The number of rotatable bonds is 1. The molecule has 1 aliphatic heterocycles. The molecule has 0 fully saturated rings. The van der Waals surface area contributed by atoms with E-state index in [2.05, 4.69) is 22.5 Å². The molecule has 0 spiro atoms. The maximum absolute atomic E-state index is 3.65. The Morgan fingerprint density at radius 2 is 2.20 bits per heavy atom. The first-order valence-corrected chi connectivity index (χ1v) is 3.71. The van der Waals surface area contributed by atoms with Gasteiger partial charge in [0.1, 0.15) is 4.61 Å². The molecule has 1 heterocycles.